The summed E-state index contributed by atoms with van der Waals surface area (Å²) in [4.78, 5) is 26.0. The molecule has 1 saturated heterocycles. The van der Waals surface area contributed by atoms with Gasteiger partial charge in [-0.3, -0.25) is 14.5 Å². The molecule has 0 spiro atoms. The molecular weight excluding hydrogens is 322 g/mol. The summed E-state index contributed by atoms with van der Waals surface area (Å²) < 4.78 is 5.26. The number of morpholine rings is 1. The van der Waals surface area contributed by atoms with E-state index in [1.165, 1.54) is 0 Å². The van der Waals surface area contributed by atoms with Crippen LogP contribution in [0.2, 0.25) is 0 Å². The van der Waals surface area contributed by atoms with Gasteiger partial charge in [0.15, 0.2) is 0 Å². The topological polar surface area (TPSA) is 90.9 Å². The summed E-state index contributed by atoms with van der Waals surface area (Å²) in [6.45, 7) is 4.27. The molecule has 0 bridgehead atoms. The zero-order chi connectivity index (χ0) is 17.7. The number of hydrogen-bond donors (Lipinski definition) is 3. The van der Waals surface area contributed by atoms with Crippen molar-refractivity contribution in [3.8, 4) is 0 Å². The van der Waals surface area contributed by atoms with Crippen LogP contribution >= 0.6 is 0 Å². The quantitative estimate of drug-likeness (QED) is 0.600. The van der Waals surface area contributed by atoms with E-state index in [0.29, 0.717) is 39.1 Å². The minimum absolute atomic E-state index is 0.0669. The normalized spacial score (nSPS) is 19.2. The van der Waals surface area contributed by atoms with Gasteiger partial charge < -0.3 is 20.5 Å². The Hall–Kier alpha value is -1.96. The number of rotatable bonds is 5. The molecule has 0 radical (unpaired) electrons. The number of fused-ring (bicyclic) bond motifs is 1. The third-order valence-corrected chi connectivity index (χ3v) is 4.76. The molecule has 25 heavy (non-hydrogen) atoms. The average Bonchev–Trinajstić information content (AvgIpc) is 2.97. The number of nitrogens with one attached hydrogen (secondary N) is 2. The number of benzene rings is 1. The highest BCUT2D eigenvalue weighted by Crippen LogP contribution is 2.29. The van der Waals surface area contributed by atoms with Crippen LogP contribution in [-0.4, -0.2) is 73.4 Å². The minimum atomic E-state index is -1.02. The first kappa shape index (κ1) is 17.8. The van der Waals surface area contributed by atoms with Gasteiger partial charge in [0, 0.05) is 45.6 Å². The second kappa shape index (κ2) is 7.95. The van der Waals surface area contributed by atoms with Crippen molar-refractivity contribution >= 4 is 11.8 Å². The van der Waals surface area contributed by atoms with Crippen molar-refractivity contribution in [3.63, 3.8) is 0 Å². The number of nitrogens with zero attached hydrogens (tertiary/aromatic N) is 1. The summed E-state index contributed by atoms with van der Waals surface area (Å²) in [5, 5.41) is 15.8. The minimum Gasteiger partial charge on any atom is -0.387 e. The van der Waals surface area contributed by atoms with Gasteiger partial charge in [-0.1, -0.05) is 24.3 Å². The van der Waals surface area contributed by atoms with Crippen LogP contribution in [0.1, 0.15) is 11.1 Å². The van der Waals surface area contributed by atoms with E-state index < -0.39 is 17.4 Å². The molecule has 1 aliphatic heterocycles. The SMILES string of the molecule is O=C(NCCN1CCOCC1)C(=O)NCC1(O)Cc2ccccc2C1. The number of amides is 2. The molecule has 0 saturated carbocycles. The van der Waals surface area contributed by atoms with Gasteiger partial charge in [0.25, 0.3) is 0 Å². The van der Waals surface area contributed by atoms with Gasteiger partial charge in [-0.25, -0.2) is 0 Å². The molecule has 1 fully saturated rings. The Morgan fingerprint density at radius 1 is 1.08 bits per heavy atom. The van der Waals surface area contributed by atoms with E-state index in [2.05, 4.69) is 15.5 Å². The van der Waals surface area contributed by atoms with Crippen molar-refractivity contribution in [2.24, 2.45) is 0 Å². The fourth-order valence-electron chi connectivity index (χ4n) is 3.36. The van der Waals surface area contributed by atoms with E-state index in [-0.39, 0.29) is 6.54 Å². The summed E-state index contributed by atoms with van der Waals surface area (Å²) in [7, 11) is 0. The lowest BCUT2D eigenvalue weighted by atomic mass is 10.0. The monoisotopic (exact) mass is 347 g/mol. The number of hydrogen-bond acceptors (Lipinski definition) is 5. The molecule has 7 nitrogen and oxygen atoms in total. The molecule has 3 N–H and O–H groups in total. The van der Waals surface area contributed by atoms with Crippen molar-refractivity contribution < 1.29 is 19.4 Å². The fraction of sp³-hybridized carbons (Fsp3) is 0.556. The van der Waals surface area contributed by atoms with Gasteiger partial charge in [-0.15, -0.1) is 0 Å². The molecule has 136 valence electrons. The fourth-order valence-corrected chi connectivity index (χ4v) is 3.36. The first-order valence-corrected chi connectivity index (χ1v) is 8.71. The Morgan fingerprint density at radius 2 is 1.68 bits per heavy atom. The second-order valence-corrected chi connectivity index (χ2v) is 6.74. The Bertz CT molecular complexity index is 604. The van der Waals surface area contributed by atoms with E-state index >= 15 is 0 Å². The average molecular weight is 347 g/mol. The van der Waals surface area contributed by atoms with Crippen LogP contribution < -0.4 is 10.6 Å². The maximum atomic E-state index is 11.9. The molecule has 0 unspecified atom stereocenters. The standard InChI is InChI=1S/C18H25N3O4/c22-16(19-5-6-21-7-9-25-10-8-21)17(23)20-13-18(24)11-14-3-1-2-4-15(14)12-18/h1-4,24H,5-13H2,(H,19,22)(H,20,23). The summed E-state index contributed by atoms with van der Waals surface area (Å²) in [5.41, 5.74) is 1.16. The molecule has 0 atom stereocenters. The van der Waals surface area contributed by atoms with Crippen LogP contribution in [0.5, 0.6) is 0 Å². The molecule has 1 heterocycles. The number of carbonyl (C=O) groups excluding carboxylic acids is 2. The van der Waals surface area contributed by atoms with Crippen LogP contribution in [0, 0.1) is 0 Å². The molecule has 3 rings (SSSR count). The first-order valence-electron chi connectivity index (χ1n) is 8.71. The van der Waals surface area contributed by atoms with E-state index in [1.807, 2.05) is 24.3 Å². The van der Waals surface area contributed by atoms with Crippen LogP contribution in [0.25, 0.3) is 0 Å². The Morgan fingerprint density at radius 3 is 2.32 bits per heavy atom. The zero-order valence-corrected chi connectivity index (χ0v) is 14.3. The smallest absolute Gasteiger partial charge is 0.309 e. The molecule has 1 aliphatic carbocycles. The predicted octanol–water partition coefficient (Wildman–Crippen LogP) is -0.919. The lowest BCUT2D eigenvalue weighted by molar-refractivity contribution is -0.139. The summed E-state index contributed by atoms with van der Waals surface area (Å²) in [6.07, 6.45) is 0.976. The van der Waals surface area contributed by atoms with Gasteiger partial charge in [0.2, 0.25) is 0 Å². The van der Waals surface area contributed by atoms with Crippen molar-refractivity contribution in [2.75, 3.05) is 45.9 Å². The van der Waals surface area contributed by atoms with Gasteiger partial charge in [-0.2, -0.15) is 0 Å². The number of carbonyl (C=O) groups is 2. The van der Waals surface area contributed by atoms with Crippen molar-refractivity contribution in [3.05, 3.63) is 35.4 Å². The van der Waals surface area contributed by atoms with Crippen LogP contribution in [0.3, 0.4) is 0 Å². The molecule has 1 aromatic carbocycles. The van der Waals surface area contributed by atoms with Crippen LogP contribution in [0.4, 0.5) is 0 Å². The van der Waals surface area contributed by atoms with E-state index in [9.17, 15) is 14.7 Å². The highest BCUT2D eigenvalue weighted by molar-refractivity contribution is 6.35. The van der Waals surface area contributed by atoms with E-state index in [4.69, 9.17) is 4.74 Å². The highest BCUT2D eigenvalue weighted by Gasteiger charge is 2.35. The van der Waals surface area contributed by atoms with Crippen molar-refractivity contribution in [1.82, 2.24) is 15.5 Å². The predicted molar refractivity (Wildman–Crippen MR) is 92.1 cm³/mol. The Kier molecular flexibility index (Phi) is 5.67. The molecule has 0 aromatic heterocycles. The van der Waals surface area contributed by atoms with Crippen LogP contribution in [-0.2, 0) is 27.2 Å². The van der Waals surface area contributed by atoms with E-state index in [0.717, 1.165) is 24.2 Å². The lowest BCUT2D eigenvalue weighted by Gasteiger charge is -2.26. The van der Waals surface area contributed by atoms with Gasteiger partial charge in [-0.05, 0) is 11.1 Å². The zero-order valence-electron chi connectivity index (χ0n) is 14.3. The van der Waals surface area contributed by atoms with Crippen LogP contribution in [0.15, 0.2) is 24.3 Å². The molecule has 2 amide bonds. The molecule has 2 aliphatic rings. The maximum Gasteiger partial charge on any atom is 0.309 e. The first-order chi connectivity index (χ1) is 12.1. The largest absolute Gasteiger partial charge is 0.387 e. The van der Waals surface area contributed by atoms with Gasteiger partial charge in [0.05, 0.1) is 18.8 Å². The highest BCUT2D eigenvalue weighted by atomic mass is 16.5. The van der Waals surface area contributed by atoms with E-state index in [1.54, 1.807) is 0 Å². The summed E-state index contributed by atoms with van der Waals surface area (Å²) >= 11 is 0. The Balaban J connectivity index is 1.38. The number of ether oxygens (including phenoxy) is 1. The third-order valence-electron chi connectivity index (χ3n) is 4.76. The molecular formula is C18H25N3O4. The number of aliphatic hydroxyl groups is 1. The van der Waals surface area contributed by atoms with Crippen molar-refractivity contribution in [1.29, 1.82) is 0 Å². The lowest BCUT2D eigenvalue weighted by Crippen LogP contribution is -2.49. The second-order valence-electron chi connectivity index (χ2n) is 6.74. The third kappa shape index (κ3) is 4.78. The van der Waals surface area contributed by atoms with Crippen molar-refractivity contribution in [2.45, 2.75) is 18.4 Å². The molecule has 1 aromatic rings. The maximum absolute atomic E-state index is 11.9. The Labute approximate surface area is 147 Å². The summed E-state index contributed by atoms with van der Waals surface area (Å²) in [6, 6.07) is 7.83. The van der Waals surface area contributed by atoms with Gasteiger partial charge >= 0.3 is 11.8 Å². The molecule has 7 heteroatoms. The summed E-state index contributed by atoms with van der Waals surface area (Å²) in [5.74, 6) is -1.36. The van der Waals surface area contributed by atoms with Gasteiger partial charge in [0.1, 0.15) is 0 Å².